The maximum absolute atomic E-state index is 13.0. The summed E-state index contributed by atoms with van der Waals surface area (Å²) < 4.78 is 19.2. The summed E-state index contributed by atoms with van der Waals surface area (Å²) in [5.41, 5.74) is 0.682. The Bertz CT molecular complexity index is 540. The third-order valence-corrected chi connectivity index (χ3v) is 3.31. The minimum absolute atomic E-state index is 0.0328. The summed E-state index contributed by atoms with van der Waals surface area (Å²) in [4.78, 5) is 0. The summed E-state index contributed by atoms with van der Waals surface area (Å²) in [6.45, 7) is 2.03. The summed E-state index contributed by atoms with van der Waals surface area (Å²) in [5.74, 6) is 0.601. The van der Waals surface area contributed by atoms with Gasteiger partial charge in [-0.05, 0) is 47.6 Å². The van der Waals surface area contributed by atoms with Crippen molar-refractivity contribution in [3.8, 4) is 11.5 Å². The minimum Gasteiger partial charge on any atom is -0.419 e. The SMILES string of the molecule is CCC(NC)c1nnc(-c2ccc(F)cc2Br)o1. The van der Waals surface area contributed by atoms with Gasteiger partial charge in [-0.3, -0.25) is 0 Å². The number of halogens is 2. The molecule has 6 heteroatoms. The third-order valence-electron chi connectivity index (χ3n) is 2.66. The monoisotopic (exact) mass is 313 g/mol. The number of hydrogen-bond acceptors (Lipinski definition) is 4. The number of nitrogens with one attached hydrogen (secondary N) is 1. The largest absolute Gasteiger partial charge is 0.419 e. The van der Waals surface area contributed by atoms with E-state index in [9.17, 15) is 4.39 Å². The molecule has 0 amide bonds. The lowest BCUT2D eigenvalue weighted by molar-refractivity contribution is 0.415. The highest BCUT2D eigenvalue weighted by molar-refractivity contribution is 9.10. The molecule has 0 aliphatic heterocycles. The summed E-state index contributed by atoms with van der Waals surface area (Å²) in [5, 5.41) is 11.1. The predicted octanol–water partition coefficient (Wildman–Crippen LogP) is 3.31. The van der Waals surface area contributed by atoms with Crippen LogP contribution in [0.25, 0.3) is 11.5 Å². The first-order chi connectivity index (χ1) is 8.65. The highest BCUT2D eigenvalue weighted by atomic mass is 79.9. The minimum atomic E-state index is -0.313. The van der Waals surface area contributed by atoms with E-state index in [0.717, 1.165) is 6.42 Å². The van der Waals surface area contributed by atoms with E-state index in [1.807, 2.05) is 14.0 Å². The Labute approximate surface area is 113 Å². The Morgan fingerprint density at radius 2 is 2.22 bits per heavy atom. The molecule has 0 aliphatic rings. The van der Waals surface area contributed by atoms with Gasteiger partial charge in [-0.2, -0.15) is 0 Å². The lowest BCUT2D eigenvalue weighted by atomic mass is 10.2. The van der Waals surface area contributed by atoms with Crippen molar-refractivity contribution < 1.29 is 8.81 Å². The zero-order chi connectivity index (χ0) is 13.1. The van der Waals surface area contributed by atoms with E-state index >= 15 is 0 Å². The Hall–Kier alpha value is -1.27. The number of nitrogens with zero attached hydrogens (tertiary/aromatic N) is 2. The van der Waals surface area contributed by atoms with E-state index < -0.39 is 0 Å². The smallest absolute Gasteiger partial charge is 0.248 e. The van der Waals surface area contributed by atoms with Gasteiger partial charge in [0, 0.05) is 4.47 Å². The molecule has 4 nitrogen and oxygen atoms in total. The fourth-order valence-electron chi connectivity index (χ4n) is 1.65. The molecule has 2 rings (SSSR count). The molecule has 0 aliphatic carbocycles. The topological polar surface area (TPSA) is 51.0 Å². The Morgan fingerprint density at radius 1 is 1.44 bits per heavy atom. The van der Waals surface area contributed by atoms with Gasteiger partial charge in [0.2, 0.25) is 11.8 Å². The maximum Gasteiger partial charge on any atom is 0.248 e. The first-order valence-electron chi connectivity index (χ1n) is 5.61. The van der Waals surface area contributed by atoms with E-state index in [4.69, 9.17) is 4.42 Å². The summed E-state index contributed by atoms with van der Waals surface area (Å²) in [6, 6.07) is 4.37. The number of benzene rings is 1. The van der Waals surface area contributed by atoms with Crippen molar-refractivity contribution >= 4 is 15.9 Å². The van der Waals surface area contributed by atoms with E-state index in [1.54, 1.807) is 6.07 Å². The molecule has 1 heterocycles. The number of rotatable bonds is 4. The Kier molecular flexibility index (Phi) is 4.08. The van der Waals surface area contributed by atoms with Crippen LogP contribution in [0.3, 0.4) is 0 Å². The van der Waals surface area contributed by atoms with Gasteiger partial charge in [-0.1, -0.05) is 6.92 Å². The highest BCUT2D eigenvalue weighted by Crippen LogP contribution is 2.29. The van der Waals surface area contributed by atoms with Crippen molar-refractivity contribution in [2.45, 2.75) is 19.4 Å². The van der Waals surface area contributed by atoms with Crippen LogP contribution in [-0.4, -0.2) is 17.2 Å². The van der Waals surface area contributed by atoms with Crippen LogP contribution in [0.5, 0.6) is 0 Å². The van der Waals surface area contributed by atoms with Gasteiger partial charge in [0.1, 0.15) is 5.82 Å². The molecular formula is C12H13BrFN3O. The van der Waals surface area contributed by atoms with Gasteiger partial charge in [-0.25, -0.2) is 4.39 Å². The van der Waals surface area contributed by atoms with Crippen molar-refractivity contribution in [1.29, 1.82) is 0 Å². The van der Waals surface area contributed by atoms with Crippen LogP contribution < -0.4 is 5.32 Å². The van der Waals surface area contributed by atoms with Crippen molar-refractivity contribution in [3.63, 3.8) is 0 Å². The third kappa shape index (κ3) is 2.59. The van der Waals surface area contributed by atoms with E-state index in [-0.39, 0.29) is 11.9 Å². The standard InChI is InChI=1S/C12H13BrFN3O/c1-3-10(15-2)12-17-16-11(18-12)8-5-4-7(14)6-9(8)13/h4-6,10,15H,3H2,1-2H3. The quantitative estimate of drug-likeness (QED) is 0.941. The Balaban J connectivity index is 2.34. The van der Waals surface area contributed by atoms with Gasteiger partial charge >= 0.3 is 0 Å². The fourth-order valence-corrected chi connectivity index (χ4v) is 2.17. The van der Waals surface area contributed by atoms with Crippen LogP contribution in [0.1, 0.15) is 25.3 Å². The molecule has 18 heavy (non-hydrogen) atoms. The second kappa shape index (κ2) is 5.58. The van der Waals surface area contributed by atoms with Crippen LogP contribution in [0, 0.1) is 5.82 Å². The maximum atomic E-state index is 13.0. The van der Waals surface area contributed by atoms with Gasteiger partial charge in [0.25, 0.3) is 0 Å². The van der Waals surface area contributed by atoms with Crippen molar-refractivity contribution in [2.24, 2.45) is 0 Å². The molecule has 1 aromatic carbocycles. The molecule has 0 spiro atoms. The molecule has 0 radical (unpaired) electrons. The summed E-state index contributed by atoms with van der Waals surface area (Å²) in [6.07, 6.45) is 0.850. The molecule has 1 unspecified atom stereocenters. The molecular weight excluding hydrogens is 301 g/mol. The second-order valence-electron chi connectivity index (χ2n) is 3.82. The zero-order valence-electron chi connectivity index (χ0n) is 10.1. The van der Waals surface area contributed by atoms with Gasteiger partial charge in [0.05, 0.1) is 11.6 Å². The molecule has 1 N–H and O–H groups in total. The molecule has 0 saturated heterocycles. The predicted molar refractivity (Wildman–Crippen MR) is 69.5 cm³/mol. The number of aromatic nitrogens is 2. The van der Waals surface area contributed by atoms with Crippen LogP contribution in [-0.2, 0) is 0 Å². The zero-order valence-corrected chi connectivity index (χ0v) is 11.7. The molecule has 2 aromatic rings. The lowest BCUT2D eigenvalue weighted by Gasteiger charge is -2.07. The van der Waals surface area contributed by atoms with Gasteiger partial charge in [-0.15, -0.1) is 10.2 Å². The average Bonchev–Trinajstić information content (AvgIpc) is 2.80. The molecule has 1 aromatic heterocycles. The molecule has 1 atom stereocenters. The normalized spacial score (nSPS) is 12.7. The molecule has 0 fully saturated rings. The van der Waals surface area contributed by atoms with E-state index in [0.29, 0.717) is 21.8 Å². The number of hydrogen-bond donors (Lipinski definition) is 1. The lowest BCUT2D eigenvalue weighted by Crippen LogP contribution is -2.15. The summed E-state index contributed by atoms with van der Waals surface area (Å²) >= 11 is 3.28. The average molecular weight is 314 g/mol. The van der Waals surface area contributed by atoms with Crippen LogP contribution in [0.2, 0.25) is 0 Å². The Morgan fingerprint density at radius 3 is 2.83 bits per heavy atom. The summed E-state index contributed by atoms with van der Waals surface area (Å²) in [7, 11) is 1.84. The highest BCUT2D eigenvalue weighted by Gasteiger charge is 2.17. The van der Waals surface area contributed by atoms with E-state index in [1.165, 1.54) is 12.1 Å². The van der Waals surface area contributed by atoms with Crippen LogP contribution >= 0.6 is 15.9 Å². The van der Waals surface area contributed by atoms with Crippen molar-refractivity contribution in [1.82, 2.24) is 15.5 Å². The first kappa shape index (κ1) is 13.2. The molecule has 96 valence electrons. The van der Waals surface area contributed by atoms with Crippen LogP contribution in [0.15, 0.2) is 27.1 Å². The van der Waals surface area contributed by atoms with Crippen LogP contribution in [0.4, 0.5) is 4.39 Å². The first-order valence-corrected chi connectivity index (χ1v) is 6.41. The van der Waals surface area contributed by atoms with Crippen molar-refractivity contribution in [2.75, 3.05) is 7.05 Å². The fraction of sp³-hybridized carbons (Fsp3) is 0.333. The van der Waals surface area contributed by atoms with Crippen molar-refractivity contribution in [3.05, 3.63) is 34.4 Å². The molecule has 0 bridgehead atoms. The second-order valence-corrected chi connectivity index (χ2v) is 4.67. The van der Waals surface area contributed by atoms with Gasteiger partial charge < -0.3 is 9.73 Å². The molecule has 0 saturated carbocycles. The van der Waals surface area contributed by atoms with Gasteiger partial charge in [0.15, 0.2) is 0 Å². The van der Waals surface area contributed by atoms with E-state index in [2.05, 4.69) is 31.4 Å².